The molecule has 2 nitrogen and oxygen atoms in total. The topological polar surface area (TPSA) is 26.3 Å². The van der Waals surface area contributed by atoms with E-state index in [1.54, 1.807) is 14.0 Å². The van der Waals surface area contributed by atoms with E-state index in [2.05, 4.69) is 13.0 Å². The van der Waals surface area contributed by atoms with Gasteiger partial charge >= 0.3 is 0 Å². The Morgan fingerprint density at radius 1 is 1.11 bits per heavy atom. The summed E-state index contributed by atoms with van der Waals surface area (Å²) >= 11 is 0. The fourth-order valence-electron chi connectivity index (χ4n) is 2.14. The van der Waals surface area contributed by atoms with Crippen LogP contribution in [-0.4, -0.2) is 12.9 Å². The molecule has 2 aromatic carbocycles. The van der Waals surface area contributed by atoms with Crippen molar-refractivity contribution in [3.8, 4) is 16.9 Å². The molecule has 0 spiro atoms. The maximum absolute atomic E-state index is 11.1. The minimum Gasteiger partial charge on any atom is -0.496 e. The third-order valence-corrected chi connectivity index (χ3v) is 3.07. The van der Waals surface area contributed by atoms with E-state index in [0.29, 0.717) is 6.42 Å². The van der Waals surface area contributed by atoms with Crippen molar-refractivity contribution in [3.05, 3.63) is 53.6 Å². The van der Waals surface area contributed by atoms with Crippen LogP contribution in [0.5, 0.6) is 5.75 Å². The van der Waals surface area contributed by atoms with Gasteiger partial charge in [0.1, 0.15) is 11.5 Å². The maximum Gasteiger partial charge on any atom is 0.134 e. The van der Waals surface area contributed by atoms with Crippen LogP contribution >= 0.6 is 0 Å². The highest BCUT2D eigenvalue weighted by Crippen LogP contribution is 2.30. The fraction of sp³-hybridized carbons (Fsp3) is 0.235. The van der Waals surface area contributed by atoms with Gasteiger partial charge in [-0.05, 0) is 37.1 Å². The molecule has 0 aromatic heterocycles. The molecule has 0 saturated heterocycles. The molecule has 19 heavy (non-hydrogen) atoms. The molecule has 0 N–H and O–H groups in total. The summed E-state index contributed by atoms with van der Waals surface area (Å²) in [5.41, 5.74) is 4.43. The Balaban J connectivity index is 2.36. The number of hydrogen-bond donors (Lipinski definition) is 0. The number of carbonyl (C=O) groups excluding carboxylic acids is 1. The number of benzene rings is 2. The quantitative estimate of drug-likeness (QED) is 0.829. The van der Waals surface area contributed by atoms with E-state index < -0.39 is 0 Å². The summed E-state index contributed by atoms with van der Waals surface area (Å²) < 4.78 is 5.40. The van der Waals surface area contributed by atoms with E-state index in [1.165, 1.54) is 5.56 Å². The zero-order valence-electron chi connectivity index (χ0n) is 11.6. The predicted molar refractivity (Wildman–Crippen MR) is 77.6 cm³/mol. The average Bonchev–Trinajstić information content (AvgIpc) is 2.39. The number of ether oxygens (including phenoxy) is 1. The number of Topliss-reactive ketones (excluding diaryl/α,β-unsaturated/α-hetero) is 1. The Bertz CT molecular complexity index is 583. The molecule has 0 heterocycles. The molecule has 0 aliphatic heterocycles. The van der Waals surface area contributed by atoms with Gasteiger partial charge in [0.2, 0.25) is 0 Å². The Morgan fingerprint density at radius 3 is 2.37 bits per heavy atom. The fourth-order valence-corrected chi connectivity index (χ4v) is 2.14. The standard InChI is InChI=1S/C17H18O2/c1-12-4-9-17(19-3)16(10-12)15-7-5-14(6-8-15)11-13(2)18/h4-10H,11H2,1-3H3. The van der Waals surface area contributed by atoms with Crippen molar-refractivity contribution < 1.29 is 9.53 Å². The van der Waals surface area contributed by atoms with E-state index in [0.717, 1.165) is 22.4 Å². The first-order chi connectivity index (χ1) is 9.10. The van der Waals surface area contributed by atoms with Crippen LogP contribution in [0, 0.1) is 6.92 Å². The highest BCUT2D eigenvalue weighted by molar-refractivity contribution is 5.78. The van der Waals surface area contributed by atoms with E-state index >= 15 is 0 Å². The largest absolute Gasteiger partial charge is 0.496 e. The van der Waals surface area contributed by atoms with Crippen LogP contribution in [0.3, 0.4) is 0 Å². The SMILES string of the molecule is COc1ccc(C)cc1-c1ccc(CC(C)=O)cc1. The van der Waals surface area contributed by atoms with Crippen LogP contribution in [0.2, 0.25) is 0 Å². The molecule has 2 aromatic rings. The minimum atomic E-state index is 0.181. The molecule has 2 rings (SSSR count). The number of hydrogen-bond acceptors (Lipinski definition) is 2. The number of rotatable bonds is 4. The number of ketones is 1. The van der Waals surface area contributed by atoms with Crippen molar-refractivity contribution in [1.29, 1.82) is 0 Å². The second-order valence-corrected chi connectivity index (χ2v) is 4.78. The van der Waals surface area contributed by atoms with E-state index in [1.807, 2.05) is 36.4 Å². The lowest BCUT2D eigenvalue weighted by Crippen LogP contribution is -1.96. The van der Waals surface area contributed by atoms with Crippen molar-refractivity contribution in [3.63, 3.8) is 0 Å². The van der Waals surface area contributed by atoms with Crippen molar-refractivity contribution in [1.82, 2.24) is 0 Å². The lowest BCUT2D eigenvalue weighted by Gasteiger charge is -2.10. The molecule has 0 unspecified atom stereocenters. The van der Waals surface area contributed by atoms with Crippen LogP contribution in [0.25, 0.3) is 11.1 Å². The Hall–Kier alpha value is -2.09. The van der Waals surface area contributed by atoms with Gasteiger partial charge in [-0.2, -0.15) is 0 Å². The van der Waals surface area contributed by atoms with Gasteiger partial charge in [0.25, 0.3) is 0 Å². The first kappa shape index (κ1) is 13.3. The molecular weight excluding hydrogens is 236 g/mol. The molecule has 0 amide bonds. The molecule has 0 fully saturated rings. The van der Waals surface area contributed by atoms with Crippen LogP contribution < -0.4 is 4.74 Å². The Morgan fingerprint density at radius 2 is 1.79 bits per heavy atom. The number of aryl methyl sites for hydroxylation is 1. The average molecular weight is 254 g/mol. The normalized spacial score (nSPS) is 10.3. The number of carbonyl (C=O) groups is 1. The van der Waals surface area contributed by atoms with Crippen LogP contribution in [0.1, 0.15) is 18.1 Å². The third-order valence-electron chi connectivity index (χ3n) is 3.07. The lowest BCUT2D eigenvalue weighted by atomic mass is 10.00. The van der Waals surface area contributed by atoms with Gasteiger partial charge in [-0.1, -0.05) is 35.9 Å². The molecule has 2 heteroatoms. The van der Waals surface area contributed by atoms with Crippen molar-refractivity contribution in [2.24, 2.45) is 0 Å². The summed E-state index contributed by atoms with van der Waals surface area (Å²) in [6.07, 6.45) is 0.491. The molecular formula is C17H18O2. The molecule has 0 aliphatic rings. The first-order valence-corrected chi connectivity index (χ1v) is 6.33. The second-order valence-electron chi connectivity index (χ2n) is 4.78. The van der Waals surface area contributed by atoms with Gasteiger partial charge in [0, 0.05) is 12.0 Å². The maximum atomic E-state index is 11.1. The van der Waals surface area contributed by atoms with E-state index in [4.69, 9.17) is 4.74 Å². The highest BCUT2D eigenvalue weighted by Gasteiger charge is 2.06. The molecule has 0 atom stereocenters. The summed E-state index contributed by atoms with van der Waals surface area (Å²) in [4.78, 5) is 11.1. The lowest BCUT2D eigenvalue weighted by molar-refractivity contribution is -0.116. The number of methoxy groups -OCH3 is 1. The van der Waals surface area contributed by atoms with Gasteiger partial charge in [-0.15, -0.1) is 0 Å². The van der Waals surface area contributed by atoms with Crippen molar-refractivity contribution >= 4 is 5.78 Å². The zero-order chi connectivity index (χ0) is 13.8. The summed E-state index contributed by atoms with van der Waals surface area (Å²) in [5, 5.41) is 0. The summed E-state index contributed by atoms with van der Waals surface area (Å²) in [6, 6.07) is 14.2. The Labute approximate surface area is 114 Å². The summed E-state index contributed by atoms with van der Waals surface area (Å²) in [7, 11) is 1.68. The summed E-state index contributed by atoms with van der Waals surface area (Å²) in [5.74, 6) is 1.05. The van der Waals surface area contributed by atoms with Crippen LogP contribution in [0.4, 0.5) is 0 Å². The Kier molecular flexibility index (Phi) is 4.00. The molecule has 0 saturated carbocycles. The molecule has 0 radical (unpaired) electrons. The first-order valence-electron chi connectivity index (χ1n) is 6.33. The third kappa shape index (κ3) is 3.22. The predicted octanol–water partition coefficient (Wildman–Crippen LogP) is 3.80. The van der Waals surface area contributed by atoms with Gasteiger partial charge in [-0.3, -0.25) is 4.79 Å². The minimum absolute atomic E-state index is 0.181. The van der Waals surface area contributed by atoms with E-state index in [9.17, 15) is 4.79 Å². The van der Waals surface area contributed by atoms with Gasteiger partial charge in [0.15, 0.2) is 0 Å². The van der Waals surface area contributed by atoms with Crippen molar-refractivity contribution in [2.45, 2.75) is 20.3 Å². The highest BCUT2D eigenvalue weighted by atomic mass is 16.5. The smallest absolute Gasteiger partial charge is 0.134 e. The van der Waals surface area contributed by atoms with E-state index in [-0.39, 0.29) is 5.78 Å². The monoisotopic (exact) mass is 254 g/mol. The zero-order valence-corrected chi connectivity index (χ0v) is 11.6. The van der Waals surface area contributed by atoms with Crippen molar-refractivity contribution in [2.75, 3.05) is 7.11 Å². The van der Waals surface area contributed by atoms with Crippen LogP contribution in [-0.2, 0) is 11.2 Å². The van der Waals surface area contributed by atoms with Gasteiger partial charge in [-0.25, -0.2) is 0 Å². The molecule has 0 aliphatic carbocycles. The van der Waals surface area contributed by atoms with Gasteiger partial charge in [0.05, 0.1) is 7.11 Å². The second kappa shape index (κ2) is 5.70. The molecule has 98 valence electrons. The molecule has 0 bridgehead atoms. The van der Waals surface area contributed by atoms with Crippen LogP contribution in [0.15, 0.2) is 42.5 Å². The van der Waals surface area contributed by atoms with Gasteiger partial charge < -0.3 is 4.74 Å². The summed E-state index contributed by atoms with van der Waals surface area (Å²) in [6.45, 7) is 3.67.